The van der Waals surface area contributed by atoms with Crippen LogP contribution in [0, 0.1) is 12.3 Å². The molecule has 4 rings (SSSR count). The van der Waals surface area contributed by atoms with E-state index in [1.54, 1.807) is 0 Å². The molecule has 9 heteroatoms. The third kappa shape index (κ3) is 6.51. The number of para-hydroxylation sites is 3. The zero-order valence-corrected chi connectivity index (χ0v) is 19.0. The van der Waals surface area contributed by atoms with Crippen LogP contribution >= 0.6 is 11.8 Å². The minimum Gasteiger partial charge on any atom is -0.484 e. The zero-order valence-electron chi connectivity index (χ0n) is 18.1. The van der Waals surface area contributed by atoms with Crippen molar-refractivity contribution >= 4 is 29.0 Å². The number of hydrogen-bond acceptors (Lipinski definition) is 8. The Balaban J connectivity index is 1.27. The molecule has 1 amide bonds. The van der Waals surface area contributed by atoms with Gasteiger partial charge in [0.1, 0.15) is 5.75 Å². The first-order valence-corrected chi connectivity index (χ1v) is 11.6. The maximum Gasteiger partial charge on any atom is 0.277 e. The van der Waals surface area contributed by atoms with Crippen molar-refractivity contribution in [2.45, 2.75) is 11.8 Å². The van der Waals surface area contributed by atoms with Gasteiger partial charge in [0.15, 0.2) is 6.61 Å². The van der Waals surface area contributed by atoms with Gasteiger partial charge in [-0.1, -0.05) is 48.0 Å². The number of terminal acetylenes is 1. The lowest BCUT2D eigenvalue weighted by Crippen LogP contribution is -2.46. The third-order valence-electron chi connectivity index (χ3n) is 5.09. The second-order valence-corrected chi connectivity index (χ2v) is 8.31. The smallest absolute Gasteiger partial charge is 0.277 e. The molecule has 1 aliphatic rings. The molecule has 0 bridgehead atoms. The van der Waals surface area contributed by atoms with Crippen molar-refractivity contribution in [3.8, 4) is 18.1 Å². The van der Waals surface area contributed by atoms with Crippen LogP contribution < -0.4 is 15.0 Å². The normalized spacial score (nSPS) is 14.0. The molecule has 0 unspecified atom stereocenters. The molecule has 3 aromatic rings. The van der Waals surface area contributed by atoms with Gasteiger partial charge < -0.3 is 19.4 Å². The van der Waals surface area contributed by atoms with Crippen molar-refractivity contribution in [1.29, 1.82) is 0 Å². The molecule has 1 N–H and O–H groups in total. The molecular weight excluding hydrogens is 438 g/mol. The van der Waals surface area contributed by atoms with Gasteiger partial charge >= 0.3 is 0 Å². The molecule has 8 nitrogen and oxygen atoms in total. The molecule has 1 aliphatic heterocycles. The first-order chi connectivity index (χ1) is 16.2. The molecule has 1 saturated heterocycles. The van der Waals surface area contributed by atoms with Gasteiger partial charge in [-0.25, -0.2) is 0 Å². The number of carbonyl (C=O) groups is 1. The highest BCUT2D eigenvalue weighted by molar-refractivity contribution is 7.99. The summed E-state index contributed by atoms with van der Waals surface area (Å²) in [5.41, 5.74) is 1.80. The summed E-state index contributed by atoms with van der Waals surface area (Å²) in [6.45, 7) is 4.36. The highest BCUT2D eigenvalue weighted by Gasteiger charge is 2.19. The van der Waals surface area contributed by atoms with E-state index < -0.39 is 0 Å². The van der Waals surface area contributed by atoms with Crippen LogP contribution in [-0.2, 0) is 11.4 Å². The number of amides is 1. The number of thioether (sulfide) groups is 1. The van der Waals surface area contributed by atoms with Crippen molar-refractivity contribution in [2.75, 3.05) is 48.7 Å². The number of anilines is 2. The number of nitrogens with zero attached hydrogens (tertiary/aromatic N) is 4. The van der Waals surface area contributed by atoms with Gasteiger partial charge in [-0.2, -0.15) is 0 Å². The lowest BCUT2D eigenvalue weighted by atomic mass is 10.2. The molecule has 170 valence electrons. The van der Waals surface area contributed by atoms with Crippen LogP contribution in [0.5, 0.6) is 5.75 Å². The molecular formula is C24H25N5O3S. The van der Waals surface area contributed by atoms with Gasteiger partial charge in [0, 0.05) is 26.2 Å². The van der Waals surface area contributed by atoms with Crippen molar-refractivity contribution in [1.82, 2.24) is 15.1 Å². The Labute approximate surface area is 197 Å². The van der Waals surface area contributed by atoms with Gasteiger partial charge in [0.2, 0.25) is 5.91 Å². The number of benzene rings is 2. The Hall–Kier alpha value is -3.48. The predicted molar refractivity (Wildman–Crippen MR) is 128 cm³/mol. The zero-order chi connectivity index (χ0) is 22.9. The van der Waals surface area contributed by atoms with Crippen LogP contribution in [0.4, 0.5) is 11.4 Å². The van der Waals surface area contributed by atoms with Crippen LogP contribution in [0.15, 0.2) is 64.2 Å². The lowest BCUT2D eigenvalue weighted by molar-refractivity contribution is -0.113. The van der Waals surface area contributed by atoms with Gasteiger partial charge in [-0.3, -0.25) is 9.69 Å². The Morgan fingerprint density at radius 3 is 2.64 bits per heavy atom. The van der Waals surface area contributed by atoms with E-state index in [0.29, 0.717) is 17.7 Å². The van der Waals surface area contributed by atoms with E-state index in [1.165, 1.54) is 11.8 Å². The number of ether oxygens (including phenoxy) is 1. The Morgan fingerprint density at radius 1 is 1.09 bits per heavy atom. The molecule has 2 aromatic carbocycles. The molecule has 0 atom stereocenters. The van der Waals surface area contributed by atoms with Crippen LogP contribution in [0.3, 0.4) is 0 Å². The quantitative estimate of drug-likeness (QED) is 0.383. The van der Waals surface area contributed by atoms with Crippen molar-refractivity contribution in [2.24, 2.45) is 0 Å². The van der Waals surface area contributed by atoms with E-state index in [1.807, 2.05) is 54.6 Å². The first kappa shape index (κ1) is 22.7. The summed E-state index contributed by atoms with van der Waals surface area (Å²) in [6.07, 6.45) is 5.42. The Bertz CT molecular complexity index is 1090. The summed E-state index contributed by atoms with van der Waals surface area (Å²) < 4.78 is 11.2. The fraction of sp³-hybridized carbons (Fsp3) is 0.292. The molecule has 0 spiro atoms. The summed E-state index contributed by atoms with van der Waals surface area (Å²) in [5, 5.41) is 11.3. The minimum atomic E-state index is -0.140. The minimum absolute atomic E-state index is 0.140. The second kappa shape index (κ2) is 11.4. The summed E-state index contributed by atoms with van der Waals surface area (Å²) in [4.78, 5) is 17.1. The van der Waals surface area contributed by atoms with Gasteiger partial charge in [0.05, 0.1) is 23.7 Å². The molecule has 0 saturated carbocycles. The van der Waals surface area contributed by atoms with E-state index in [-0.39, 0.29) is 18.3 Å². The highest BCUT2D eigenvalue weighted by atomic mass is 32.2. The van der Waals surface area contributed by atoms with E-state index in [9.17, 15) is 4.79 Å². The Morgan fingerprint density at radius 2 is 1.85 bits per heavy atom. The standard InChI is InChI=1S/C24H25N5O3S/c1-2-12-28-13-15-29(16-14-28)21-11-7-6-10-20(21)25-22(30)18-33-24-27-26-23(32-24)17-31-19-8-4-3-5-9-19/h1,3-11H,12-18H2,(H,25,30). The van der Waals surface area contributed by atoms with Gasteiger partial charge in [-0.15, -0.1) is 16.6 Å². The second-order valence-electron chi connectivity index (χ2n) is 7.38. The lowest BCUT2D eigenvalue weighted by Gasteiger charge is -2.36. The van der Waals surface area contributed by atoms with Crippen molar-refractivity contribution in [3.63, 3.8) is 0 Å². The van der Waals surface area contributed by atoms with E-state index in [0.717, 1.165) is 43.3 Å². The monoisotopic (exact) mass is 463 g/mol. The largest absolute Gasteiger partial charge is 0.484 e. The SMILES string of the molecule is C#CCN1CCN(c2ccccc2NC(=O)CSc2nnc(COc3ccccc3)o2)CC1. The summed E-state index contributed by atoms with van der Waals surface area (Å²) in [7, 11) is 0. The topological polar surface area (TPSA) is 83.7 Å². The molecule has 0 radical (unpaired) electrons. The van der Waals surface area contributed by atoms with E-state index in [4.69, 9.17) is 15.6 Å². The first-order valence-electron chi connectivity index (χ1n) is 10.6. The van der Waals surface area contributed by atoms with Crippen LogP contribution in [0.2, 0.25) is 0 Å². The molecule has 1 fully saturated rings. The molecule has 33 heavy (non-hydrogen) atoms. The van der Waals surface area contributed by atoms with E-state index in [2.05, 4.69) is 31.2 Å². The fourth-order valence-corrected chi connectivity index (χ4v) is 4.04. The fourth-order valence-electron chi connectivity index (χ4n) is 3.46. The van der Waals surface area contributed by atoms with Crippen molar-refractivity contribution in [3.05, 3.63) is 60.5 Å². The summed E-state index contributed by atoms with van der Waals surface area (Å²) in [5.74, 6) is 3.80. The molecule has 1 aromatic heterocycles. The van der Waals surface area contributed by atoms with Gasteiger partial charge in [-0.05, 0) is 24.3 Å². The number of nitrogens with one attached hydrogen (secondary N) is 1. The average Bonchev–Trinajstić information content (AvgIpc) is 3.31. The van der Waals surface area contributed by atoms with Gasteiger partial charge in [0.25, 0.3) is 11.1 Å². The number of carbonyl (C=O) groups excluding carboxylic acids is 1. The van der Waals surface area contributed by atoms with E-state index >= 15 is 0 Å². The van der Waals surface area contributed by atoms with Crippen LogP contribution in [0.25, 0.3) is 0 Å². The average molecular weight is 464 g/mol. The number of piperazine rings is 1. The Kier molecular flexibility index (Phi) is 7.85. The summed E-state index contributed by atoms with van der Waals surface area (Å²) in [6, 6.07) is 17.2. The summed E-state index contributed by atoms with van der Waals surface area (Å²) >= 11 is 1.19. The maximum absolute atomic E-state index is 12.6. The molecule has 2 heterocycles. The van der Waals surface area contributed by atoms with Crippen LogP contribution in [-0.4, -0.2) is 59.5 Å². The predicted octanol–water partition coefficient (Wildman–Crippen LogP) is 3.13. The molecule has 0 aliphatic carbocycles. The number of hydrogen-bond donors (Lipinski definition) is 1. The van der Waals surface area contributed by atoms with Crippen molar-refractivity contribution < 1.29 is 13.9 Å². The number of aromatic nitrogens is 2. The maximum atomic E-state index is 12.6. The van der Waals surface area contributed by atoms with Crippen LogP contribution in [0.1, 0.15) is 5.89 Å². The highest BCUT2D eigenvalue weighted by Crippen LogP contribution is 2.27. The third-order valence-corrected chi connectivity index (χ3v) is 5.91. The number of rotatable bonds is 9.